The van der Waals surface area contributed by atoms with E-state index in [2.05, 4.69) is 38.9 Å². The highest BCUT2D eigenvalue weighted by molar-refractivity contribution is 5.39. The van der Waals surface area contributed by atoms with Crippen LogP contribution in [0.2, 0.25) is 0 Å². The SMILES string of the molecule is Cc1noc(C2CCCN(c3ccnc(C(C)C)n3)C2)n1. The molecule has 0 saturated carbocycles. The fourth-order valence-electron chi connectivity index (χ4n) is 2.68. The van der Waals surface area contributed by atoms with Crippen molar-refractivity contribution in [1.82, 2.24) is 20.1 Å². The molecule has 3 heterocycles. The number of hydrogen-bond acceptors (Lipinski definition) is 6. The van der Waals surface area contributed by atoms with Crippen molar-refractivity contribution >= 4 is 5.82 Å². The van der Waals surface area contributed by atoms with Crippen LogP contribution in [0.3, 0.4) is 0 Å². The maximum Gasteiger partial charge on any atom is 0.231 e. The molecule has 1 unspecified atom stereocenters. The molecular formula is C15H21N5O. The first-order valence-electron chi connectivity index (χ1n) is 7.51. The van der Waals surface area contributed by atoms with Crippen LogP contribution < -0.4 is 4.90 Å². The average Bonchev–Trinajstić information content (AvgIpc) is 2.94. The Hall–Kier alpha value is -1.98. The average molecular weight is 287 g/mol. The number of aryl methyl sites for hydroxylation is 1. The summed E-state index contributed by atoms with van der Waals surface area (Å²) in [6.45, 7) is 7.96. The normalized spacial score (nSPS) is 19.2. The van der Waals surface area contributed by atoms with E-state index in [4.69, 9.17) is 4.52 Å². The van der Waals surface area contributed by atoms with E-state index < -0.39 is 0 Å². The maximum absolute atomic E-state index is 5.33. The Morgan fingerprint density at radius 3 is 2.90 bits per heavy atom. The summed E-state index contributed by atoms with van der Waals surface area (Å²) < 4.78 is 5.33. The standard InChI is InChI=1S/C15H21N5O/c1-10(2)14-16-7-6-13(18-14)20-8-4-5-12(9-20)15-17-11(3)19-21-15/h6-7,10,12H,4-5,8-9H2,1-3H3. The monoisotopic (exact) mass is 287 g/mol. The summed E-state index contributed by atoms with van der Waals surface area (Å²) in [6.07, 6.45) is 4.03. The first kappa shape index (κ1) is 14.0. The van der Waals surface area contributed by atoms with Gasteiger partial charge in [-0.1, -0.05) is 19.0 Å². The van der Waals surface area contributed by atoms with Crippen LogP contribution in [-0.4, -0.2) is 33.2 Å². The van der Waals surface area contributed by atoms with Crippen molar-refractivity contribution in [3.63, 3.8) is 0 Å². The Morgan fingerprint density at radius 1 is 1.33 bits per heavy atom. The van der Waals surface area contributed by atoms with Crippen LogP contribution in [0.1, 0.15) is 56.1 Å². The second-order valence-electron chi connectivity index (χ2n) is 5.89. The minimum atomic E-state index is 0.289. The van der Waals surface area contributed by atoms with Crippen LogP contribution >= 0.6 is 0 Å². The summed E-state index contributed by atoms with van der Waals surface area (Å²) in [5.74, 6) is 3.96. The van der Waals surface area contributed by atoms with E-state index in [0.29, 0.717) is 11.7 Å². The van der Waals surface area contributed by atoms with E-state index in [0.717, 1.165) is 43.5 Å². The van der Waals surface area contributed by atoms with Gasteiger partial charge in [0.05, 0.1) is 5.92 Å². The molecule has 0 N–H and O–H groups in total. The molecule has 0 radical (unpaired) electrons. The molecule has 1 aliphatic rings. The van der Waals surface area contributed by atoms with Gasteiger partial charge in [0.15, 0.2) is 5.82 Å². The molecule has 0 spiro atoms. The minimum Gasteiger partial charge on any atom is -0.356 e. The van der Waals surface area contributed by atoms with Crippen molar-refractivity contribution in [3.05, 3.63) is 29.8 Å². The Bertz CT molecular complexity index is 610. The molecule has 0 bridgehead atoms. The van der Waals surface area contributed by atoms with Crippen LogP contribution in [-0.2, 0) is 0 Å². The molecule has 21 heavy (non-hydrogen) atoms. The quantitative estimate of drug-likeness (QED) is 0.864. The molecule has 2 aromatic rings. The van der Waals surface area contributed by atoms with Gasteiger partial charge in [-0.15, -0.1) is 0 Å². The van der Waals surface area contributed by atoms with Crippen molar-refractivity contribution < 1.29 is 4.52 Å². The van der Waals surface area contributed by atoms with Crippen LogP contribution in [0.4, 0.5) is 5.82 Å². The second-order valence-corrected chi connectivity index (χ2v) is 5.89. The van der Waals surface area contributed by atoms with Gasteiger partial charge in [0.1, 0.15) is 11.6 Å². The van der Waals surface area contributed by atoms with Crippen molar-refractivity contribution in [2.45, 2.75) is 45.4 Å². The van der Waals surface area contributed by atoms with Crippen molar-refractivity contribution in [2.24, 2.45) is 0 Å². The zero-order valence-corrected chi connectivity index (χ0v) is 12.8. The topological polar surface area (TPSA) is 67.9 Å². The summed E-state index contributed by atoms with van der Waals surface area (Å²) in [4.78, 5) is 15.7. The van der Waals surface area contributed by atoms with E-state index in [1.165, 1.54) is 0 Å². The Balaban J connectivity index is 1.78. The van der Waals surface area contributed by atoms with Crippen LogP contribution in [0.15, 0.2) is 16.8 Å². The fraction of sp³-hybridized carbons (Fsp3) is 0.600. The first-order valence-corrected chi connectivity index (χ1v) is 7.51. The molecule has 0 aromatic carbocycles. The number of rotatable bonds is 3. The molecule has 2 aromatic heterocycles. The Kier molecular flexibility index (Phi) is 3.86. The second kappa shape index (κ2) is 5.79. The summed E-state index contributed by atoms with van der Waals surface area (Å²) in [5.41, 5.74) is 0. The summed E-state index contributed by atoms with van der Waals surface area (Å²) >= 11 is 0. The van der Waals surface area contributed by atoms with Gasteiger partial charge in [0.25, 0.3) is 0 Å². The van der Waals surface area contributed by atoms with E-state index >= 15 is 0 Å². The molecule has 1 saturated heterocycles. The molecule has 1 atom stereocenters. The zero-order valence-electron chi connectivity index (χ0n) is 12.8. The van der Waals surface area contributed by atoms with Gasteiger partial charge in [-0.2, -0.15) is 4.98 Å². The third-order valence-corrected chi connectivity index (χ3v) is 3.81. The van der Waals surface area contributed by atoms with E-state index in [1.807, 2.05) is 19.2 Å². The van der Waals surface area contributed by atoms with Gasteiger partial charge in [0, 0.05) is 25.2 Å². The van der Waals surface area contributed by atoms with Crippen LogP contribution in [0.25, 0.3) is 0 Å². The lowest BCUT2D eigenvalue weighted by Gasteiger charge is -2.32. The van der Waals surface area contributed by atoms with Crippen LogP contribution in [0, 0.1) is 6.92 Å². The van der Waals surface area contributed by atoms with Crippen LogP contribution in [0.5, 0.6) is 0 Å². The number of piperidine rings is 1. The lowest BCUT2D eigenvalue weighted by molar-refractivity contribution is 0.331. The van der Waals surface area contributed by atoms with Gasteiger partial charge >= 0.3 is 0 Å². The smallest absolute Gasteiger partial charge is 0.231 e. The third kappa shape index (κ3) is 3.04. The van der Waals surface area contributed by atoms with E-state index in [1.54, 1.807) is 0 Å². The molecule has 6 nitrogen and oxygen atoms in total. The molecule has 0 amide bonds. The molecule has 1 fully saturated rings. The molecule has 0 aliphatic carbocycles. The number of hydrogen-bond donors (Lipinski definition) is 0. The molecule has 1 aliphatic heterocycles. The maximum atomic E-state index is 5.33. The lowest BCUT2D eigenvalue weighted by Crippen LogP contribution is -2.35. The summed E-state index contributed by atoms with van der Waals surface area (Å²) in [5, 5.41) is 3.90. The number of nitrogens with zero attached hydrogens (tertiary/aromatic N) is 5. The van der Waals surface area contributed by atoms with Crippen molar-refractivity contribution in [3.8, 4) is 0 Å². The predicted molar refractivity (Wildman–Crippen MR) is 79.3 cm³/mol. The molecule has 3 rings (SSSR count). The van der Waals surface area contributed by atoms with Gasteiger partial charge < -0.3 is 9.42 Å². The predicted octanol–water partition coefficient (Wildman–Crippen LogP) is 2.68. The van der Waals surface area contributed by atoms with Gasteiger partial charge in [-0.3, -0.25) is 0 Å². The molecule has 6 heteroatoms. The minimum absolute atomic E-state index is 0.289. The lowest BCUT2D eigenvalue weighted by atomic mass is 9.98. The molecule has 112 valence electrons. The summed E-state index contributed by atoms with van der Waals surface area (Å²) in [7, 11) is 0. The number of aromatic nitrogens is 4. The summed E-state index contributed by atoms with van der Waals surface area (Å²) in [6, 6.07) is 1.98. The van der Waals surface area contributed by atoms with Crippen molar-refractivity contribution in [2.75, 3.05) is 18.0 Å². The highest BCUT2D eigenvalue weighted by Crippen LogP contribution is 2.28. The Morgan fingerprint density at radius 2 is 2.19 bits per heavy atom. The van der Waals surface area contributed by atoms with Gasteiger partial charge in [0.2, 0.25) is 5.89 Å². The largest absolute Gasteiger partial charge is 0.356 e. The number of anilines is 1. The fourth-order valence-corrected chi connectivity index (χ4v) is 2.68. The zero-order chi connectivity index (χ0) is 14.8. The van der Waals surface area contributed by atoms with Gasteiger partial charge in [-0.25, -0.2) is 9.97 Å². The Labute approximate surface area is 124 Å². The van der Waals surface area contributed by atoms with Crippen molar-refractivity contribution in [1.29, 1.82) is 0 Å². The molecular weight excluding hydrogens is 266 g/mol. The third-order valence-electron chi connectivity index (χ3n) is 3.81. The highest BCUT2D eigenvalue weighted by Gasteiger charge is 2.26. The van der Waals surface area contributed by atoms with E-state index in [-0.39, 0.29) is 5.92 Å². The highest BCUT2D eigenvalue weighted by atomic mass is 16.5. The van der Waals surface area contributed by atoms with E-state index in [9.17, 15) is 0 Å². The first-order chi connectivity index (χ1) is 10.1. The van der Waals surface area contributed by atoms with Gasteiger partial charge in [-0.05, 0) is 25.8 Å².